The van der Waals surface area contributed by atoms with Crippen molar-refractivity contribution < 1.29 is 18.8 Å². The minimum absolute atomic E-state index is 0.192. The van der Waals surface area contributed by atoms with E-state index in [1.54, 1.807) is 14.0 Å². The lowest BCUT2D eigenvalue weighted by molar-refractivity contribution is -0.143. The normalized spacial score (nSPS) is 10.5. The summed E-state index contributed by atoms with van der Waals surface area (Å²) in [6.07, 6.45) is 0.943. The maximum atomic E-state index is 11.6. The molecular formula is C17H21NO4. The molecule has 1 aromatic carbocycles. The number of hydrogen-bond acceptors (Lipinski definition) is 5. The van der Waals surface area contributed by atoms with E-state index in [4.69, 9.17) is 14.0 Å². The highest BCUT2D eigenvalue weighted by Crippen LogP contribution is 2.33. The molecule has 5 heteroatoms. The number of methoxy groups -OCH3 is 1. The number of ether oxygens (including phenoxy) is 2. The van der Waals surface area contributed by atoms with Gasteiger partial charge in [-0.15, -0.1) is 0 Å². The molecule has 0 fully saturated rings. The zero-order valence-corrected chi connectivity index (χ0v) is 13.4. The molecular weight excluding hydrogens is 282 g/mol. The largest absolute Gasteiger partial charge is 0.497 e. The smallest absolute Gasteiger partial charge is 0.306 e. The van der Waals surface area contributed by atoms with Crippen LogP contribution in [-0.4, -0.2) is 24.8 Å². The van der Waals surface area contributed by atoms with Crippen LogP contribution in [0.5, 0.6) is 5.75 Å². The molecule has 0 amide bonds. The lowest BCUT2D eigenvalue weighted by Crippen LogP contribution is -2.06. The zero-order chi connectivity index (χ0) is 16.1. The van der Waals surface area contributed by atoms with Crippen molar-refractivity contribution >= 4 is 5.97 Å². The fourth-order valence-electron chi connectivity index (χ4n) is 2.47. The van der Waals surface area contributed by atoms with Crippen molar-refractivity contribution in [1.29, 1.82) is 0 Å². The van der Waals surface area contributed by atoms with Crippen LogP contribution < -0.4 is 4.74 Å². The first-order valence-electron chi connectivity index (χ1n) is 7.32. The quantitative estimate of drug-likeness (QED) is 0.765. The predicted octanol–water partition coefficient (Wildman–Crippen LogP) is 3.46. The van der Waals surface area contributed by atoms with Crippen LogP contribution in [0.4, 0.5) is 0 Å². The van der Waals surface area contributed by atoms with E-state index in [9.17, 15) is 4.79 Å². The number of benzene rings is 1. The maximum Gasteiger partial charge on any atom is 0.306 e. The molecule has 1 aromatic heterocycles. The van der Waals surface area contributed by atoms with E-state index in [-0.39, 0.29) is 5.97 Å². The number of carbonyl (C=O) groups is 1. The topological polar surface area (TPSA) is 61.6 Å². The highest BCUT2D eigenvalue weighted by molar-refractivity contribution is 5.74. The summed E-state index contributed by atoms with van der Waals surface area (Å²) in [5.74, 6) is 1.32. The third kappa shape index (κ3) is 3.47. The number of carbonyl (C=O) groups excluding carboxylic acids is 1. The molecule has 0 radical (unpaired) electrons. The zero-order valence-electron chi connectivity index (χ0n) is 13.4. The van der Waals surface area contributed by atoms with E-state index < -0.39 is 0 Å². The first-order chi connectivity index (χ1) is 10.6. The van der Waals surface area contributed by atoms with Gasteiger partial charge in [-0.2, -0.15) is 0 Å². The van der Waals surface area contributed by atoms with E-state index in [2.05, 4.69) is 5.16 Å². The number of hydrogen-bond donors (Lipinski definition) is 0. The highest BCUT2D eigenvalue weighted by atomic mass is 16.5. The molecule has 0 spiro atoms. The fourth-order valence-corrected chi connectivity index (χ4v) is 2.47. The van der Waals surface area contributed by atoms with Gasteiger partial charge in [-0.1, -0.05) is 11.2 Å². The Hall–Kier alpha value is -2.30. The molecule has 0 aliphatic heterocycles. The van der Waals surface area contributed by atoms with E-state index in [0.717, 1.165) is 33.9 Å². The van der Waals surface area contributed by atoms with Crippen LogP contribution in [0.2, 0.25) is 0 Å². The first-order valence-corrected chi connectivity index (χ1v) is 7.32. The van der Waals surface area contributed by atoms with Gasteiger partial charge < -0.3 is 14.0 Å². The Morgan fingerprint density at radius 2 is 2.09 bits per heavy atom. The SMILES string of the molecule is CCOC(=O)CCc1ccc(OC)cc1-c1c(C)noc1C. The van der Waals surface area contributed by atoms with Crippen LogP contribution in [0, 0.1) is 13.8 Å². The lowest BCUT2D eigenvalue weighted by atomic mass is 9.95. The molecule has 2 rings (SSSR count). The number of esters is 1. The molecule has 0 unspecified atom stereocenters. The van der Waals surface area contributed by atoms with Crippen molar-refractivity contribution in [2.75, 3.05) is 13.7 Å². The molecule has 1 heterocycles. The van der Waals surface area contributed by atoms with E-state index >= 15 is 0 Å². The second-order valence-electron chi connectivity index (χ2n) is 5.03. The van der Waals surface area contributed by atoms with Crippen LogP contribution in [0.15, 0.2) is 22.7 Å². The number of nitrogens with zero attached hydrogens (tertiary/aromatic N) is 1. The second-order valence-corrected chi connectivity index (χ2v) is 5.03. The van der Waals surface area contributed by atoms with Crippen LogP contribution >= 0.6 is 0 Å². The van der Waals surface area contributed by atoms with Gasteiger partial charge >= 0.3 is 5.97 Å². The third-order valence-electron chi connectivity index (χ3n) is 3.52. The Bertz CT molecular complexity index is 641. The minimum atomic E-state index is -0.192. The van der Waals surface area contributed by atoms with E-state index in [1.165, 1.54) is 0 Å². The minimum Gasteiger partial charge on any atom is -0.497 e. The Balaban J connectivity index is 2.36. The Morgan fingerprint density at radius 3 is 2.68 bits per heavy atom. The fraction of sp³-hybridized carbons (Fsp3) is 0.412. The Labute approximate surface area is 130 Å². The number of aryl methyl sites for hydroxylation is 3. The first kappa shape index (κ1) is 16.1. The van der Waals surface area contributed by atoms with Gasteiger partial charge in [-0.05, 0) is 50.5 Å². The molecule has 2 aromatic rings. The average molecular weight is 303 g/mol. The number of rotatable bonds is 6. The summed E-state index contributed by atoms with van der Waals surface area (Å²) in [5.41, 5.74) is 3.81. The van der Waals surface area contributed by atoms with Crippen molar-refractivity contribution in [3.8, 4) is 16.9 Å². The van der Waals surface area contributed by atoms with Crippen molar-refractivity contribution in [3.63, 3.8) is 0 Å². The van der Waals surface area contributed by atoms with Gasteiger partial charge in [-0.3, -0.25) is 4.79 Å². The average Bonchev–Trinajstić information content (AvgIpc) is 2.84. The van der Waals surface area contributed by atoms with Gasteiger partial charge in [0.2, 0.25) is 0 Å². The summed E-state index contributed by atoms with van der Waals surface area (Å²) in [6, 6.07) is 5.81. The van der Waals surface area contributed by atoms with Crippen LogP contribution in [0.1, 0.15) is 30.4 Å². The van der Waals surface area contributed by atoms with Crippen molar-refractivity contribution in [2.24, 2.45) is 0 Å². The molecule has 0 saturated carbocycles. The molecule has 0 aliphatic carbocycles. The summed E-state index contributed by atoms with van der Waals surface area (Å²) in [5, 5.41) is 4.01. The van der Waals surface area contributed by atoms with Crippen molar-refractivity contribution in [3.05, 3.63) is 35.2 Å². The molecule has 0 atom stereocenters. The van der Waals surface area contributed by atoms with Gasteiger partial charge in [0.15, 0.2) is 0 Å². The molecule has 118 valence electrons. The molecule has 22 heavy (non-hydrogen) atoms. The summed E-state index contributed by atoms with van der Waals surface area (Å²) < 4.78 is 15.6. The van der Waals surface area contributed by atoms with E-state index in [1.807, 2.05) is 32.0 Å². The number of aromatic nitrogens is 1. The second kappa shape index (κ2) is 7.11. The van der Waals surface area contributed by atoms with Crippen molar-refractivity contribution in [2.45, 2.75) is 33.6 Å². The third-order valence-corrected chi connectivity index (χ3v) is 3.52. The van der Waals surface area contributed by atoms with Crippen LogP contribution in [0.3, 0.4) is 0 Å². The summed E-state index contributed by atoms with van der Waals surface area (Å²) in [7, 11) is 1.63. The highest BCUT2D eigenvalue weighted by Gasteiger charge is 2.17. The van der Waals surface area contributed by atoms with Crippen LogP contribution in [0.25, 0.3) is 11.1 Å². The van der Waals surface area contributed by atoms with Crippen molar-refractivity contribution in [1.82, 2.24) is 5.16 Å². The van der Waals surface area contributed by atoms with Gasteiger partial charge in [0.05, 0.1) is 19.4 Å². The molecule has 0 bridgehead atoms. The Morgan fingerprint density at radius 1 is 1.32 bits per heavy atom. The molecule has 0 aliphatic rings. The lowest BCUT2D eigenvalue weighted by Gasteiger charge is -2.11. The predicted molar refractivity (Wildman–Crippen MR) is 82.9 cm³/mol. The van der Waals surface area contributed by atoms with Gasteiger partial charge in [0.25, 0.3) is 0 Å². The Kier molecular flexibility index (Phi) is 5.20. The summed E-state index contributed by atoms with van der Waals surface area (Å²) in [4.78, 5) is 11.6. The summed E-state index contributed by atoms with van der Waals surface area (Å²) >= 11 is 0. The molecule has 0 saturated heterocycles. The molecule has 0 N–H and O–H groups in total. The van der Waals surface area contributed by atoms with Gasteiger partial charge in [-0.25, -0.2) is 0 Å². The van der Waals surface area contributed by atoms with Gasteiger partial charge in [0.1, 0.15) is 11.5 Å². The van der Waals surface area contributed by atoms with Crippen LogP contribution in [-0.2, 0) is 16.0 Å². The molecule has 5 nitrogen and oxygen atoms in total. The van der Waals surface area contributed by atoms with Gasteiger partial charge in [0, 0.05) is 12.0 Å². The monoisotopic (exact) mass is 303 g/mol. The van der Waals surface area contributed by atoms with E-state index in [0.29, 0.717) is 19.4 Å². The maximum absolute atomic E-state index is 11.6. The standard InChI is InChI=1S/C17H21NO4/c1-5-21-16(19)9-7-13-6-8-14(20-4)10-15(13)17-11(2)18-22-12(17)3/h6,8,10H,5,7,9H2,1-4H3. The summed E-state index contributed by atoms with van der Waals surface area (Å²) in [6.45, 7) is 5.99.